The van der Waals surface area contributed by atoms with Crippen molar-refractivity contribution in [2.75, 3.05) is 13.1 Å². The second kappa shape index (κ2) is 7.05. The molecule has 0 saturated carbocycles. The molecule has 1 aliphatic rings. The molecule has 0 aromatic heterocycles. The Labute approximate surface area is 95.3 Å². The van der Waals surface area contributed by atoms with E-state index in [0.29, 0.717) is 0 Å². The molecule has 0 amide bonds. The second-order valence-corrected chi connectivity index (χ2v) is 4.82. The predicted molar refractivity (Wildman–Crippen MR) is 68.0 cm³/mol. The molecule has 0 bridgehead atoms. The van der Waals surface area contributed by atoms with Gasteiger partial charge >= 0.3 is 0 Å². The molecule has 0 radical (unpaired) electrons. The maximum Gasteiger partial charge on any atom is 0.00193 e. The molecular formula is C14H27N. The lowest BCUT2D eigenvalue weighted by Crippen LogP contribution is -2.29. The predicted octanol–water partition coefficient (Wildman–Crippen LogP) is 3.76. The van der Waals surface area contributed by atoms with E-state index in [1.165, 1.54) is 38.6 Å². The van der Waals surface area contributed by atoms with Crippen LogP contribution in [0.4, 0.5) is 0 Å². The molecule has 0 saturated heterocycles. The molecule has 1 N–H and O–H groups in total. The summed E-state index contributed by atoms with van der Waals surface area (Å²) in [6.45, 7) is 9.19. The van der Waals surface area contributed by atoms with Crippen molar-refractivity contribution >= 4 is 0 Å². The van der Waals surface area contributed by atoms with E-state index in [-0.39, 0.29) is 0 Å². The number of hydrogen-bond acceptors (Lipinski definition) is 1. The molecule has 0 spiro atoms. The zero-order valence-corrected chi connectivity index (χ0v) is 10.7. The first kappa shape index (κ1) is 12.8. The van der Waals surface area contributed by atoms with Gasteiger partial charge in [0.05, 0.1) is 0 Å². The third-order valence-corrected chi connectivity index (χ3v) is 3.75. The van der Waals surface area contributed by atoms with Crippen LogP contribution >= 0.6 is 0 Å². The van der Waals surface area contributed by atoms with Crippen LogP contribution in [0, 0.1) is 11.8 Å². The topological polar surface area (TPSA) is 12.0 Å². The summed E-state index contributed by atoms with van der Waals surface area (Å²) in [6.07, 6.45) is 9.28. The summed E-state index contributed by atoms with van der Waals surface area (Å²) >= 11 is 0. The molecule has 0 aromatic rings. The standard InChI is InChI=1S/C14H27N/c1-4-12(3)14(11-15-5-2)13-9-7-6-8-10-13/h9,12,14-15H,4-8,10-11H2,1-3H3. The number of rotatable bonds is 6. The van der Waals surface area contributed by atoms with Crippen LogP contribution in [0.5, 0.6) is 0 Å². The highest BCUT2D eigenvalue weighted by molar-refractivity contribution is 5.11. The minimum atomic E-state index is 0.787. The lowest BCUT2D eigenvalue weighted by atomic mass is 9.80. The van der Waals surface area contributed by atoms with Crippen LogP contribution in [-0.4, -0.2) is 13.1 Å². The van der Waals surface area contributed by atoms with Gasteiger partial charge < -0.3 is 5.32 Å². The molecule has 1 nitrogen and oxygen atoms in total. The third-order valence-electron chi connectivity index (χ3n) is 3.75. The van der Waals surface area contributed by atoms with E-state index in [2.05, 4.69) is 32.2 Å². The zero-order chi connectivity index (χ0) is 11.1. The first-order chi connectivity index (χ1) is 7.29. The first-order valence-corrected chi connectivity index (χ1v) is 6.69. The Bertz CT molecular complexity index is 196. The summed E-state index contributed by atoms with van der Waals surface area (Å²) in [5, 5.41) is 3.52. The quantitative estimate of drug-likeness (QED) is 0.657. The van der Waals surface area contributed by atoms with Gasteiger partial charge in [0.1, 0.15) is 0 Å². The fourth-order valence-electron chi connectivity index (χ4n) is 2.48. The van der Waals surface area contributed by atoms with E-state index >= 15 is 0 Å². The summed E-state index contributed by atoms with van der Waals surface area (Å²) in [5.41, 5.74) is 1.73. The lowest BCUT2D eigenvalue weighted by Gasteiger charge is -2.28. The van der Waals surface area contributed by atoms with E-state index in [1.54, 1.807) is 5.57 Å². The molecule has 88 valence electrons. The van der Waals surface area contributed by atoms with Crippen LogP contribution in [0.1, 0.15) is 52.9 Å². The molecule has 0 aromatic carbocycles. The van der Waals surface area contributed by atoms with Crippen molar-refractivity contribution in [2.45, 2.75) is 52.9 Å². The van der Waals surface area contributed by atoms with E-state index in [4.69, 9.17) is 0 Å². The van der Waals surface area contributed by atoms with Crippen molar-refractivity contribution in [3.63, 3.8) is 0 Å². The molecule has 2 atom stereocenters. The zero-order valence-electron chi connectivity index (χ0n) is 10.7. The smallest absolute Gasteiger partial charge is 0.00193 e. The van der Waals surface area contributed by atoms with Gasteiger partial charge in [-0.3, -0.25) is 0 Å². The monoisotopic (exact) mass is 209 g/mol. The van der Waals surface area contributed by atoms with E-state index < -0.39 is 0 Å². The highest BCUT2D eigenvalue weighted by atomic mass is 14.8. The molecule has 0 aliphatic heterocycles. The Morgan fingerprint density at radius 2 is 2.13 bits per heavy atom. The van der Waals surface area contributed by atoms with Gasteiger partial charge in [-0.15, -0.1) is 0 Å². The van der Waals surface area contributed by atoms with Gasteiger partial charge in [-0.25, -0.2) is 0 Å². The van der Waals surface area contributed by atoms with Crippen molar-refractivity contribution in [1.29, 1.82) is 0 Å². The molecule has 1 aliphatic carbocycles. The summed E-state index contributed by atoms with van der Waals surface area (Å²) in [4.78, 5) is 0. The first-order valence-electron chi connectivity index (χ1n) is 6.69. The SMILES string of the molecule is CCNCC(C1=CCCCC1)C(C)CC. The Morgan fingerprint density at radius 1 is 1.33 bits per heavy atom. The van der Waals surface area contributed by atoms with Gasteiger partial charge in [0.2, 0.25) is 0 Å². The van der Waals surface area contributed by atoms with Gasteiger partial charge in [-0.1, -0.05) is 38.8 Å². The molecule has 2 unspecified atom stereocenters. The number of nitrogens with one attached hydrogen (secondary N) is 1. The Balaban J connectivity index is 2.57. The Hall–Kier alpha value is -0.300. The van der Waals surface area contributed by atoms with Crippen molar-refractivity contribution in [3.05, 3.63) is 11.6 Å². The van der Waals surface area contributed by atoms with Crippen molar-refractivity contribution in [1.82, 2.24) is 5.32 Å². The average molecular weight is 209 g/mol. The van der Waals surface area contributed by atoms with Crippen LogP contribution in [0.2, 0.25) is 0 Å². The highest BCUT2D eigenvalue weighted by Crippen LogP contribution is 2.30. The Morgan fingerprint density at radius 3 is 2.67 bits per heavy atom. The molecular weight excluding hydrogens is 182 g/mol. The average Bonchev–Trinajstić information content (AvgIpc) is 2.30. The summed E-state index contributed by atoms with van der Waals surface area (Å²) in [5.74, 6) is 1.61. The normalized spacial score (nSPS) is 20.9. The fourth-order valence-corrected chi connectivity index (χ4v) is 2.48. The molecule has 15 heavy (non-hydrogen) atoms. The van der Waals surface area contributed by atoms with Crippen LogP contribution in [-0.2, 0) is 0 Å². The maximum absolute atomic E-state index is 3.52. The molecule has 0 heterocycles. The van der Waals surface area contributed by atoms with E-state index in [1.807, 2.05) is 0 Å². The lowest BCUT2D eigenvalue weighted by molar-refractivity contribution is 0.365. The van der Waals surface area contributed by atoms with Crippen LogP contribution in [0.15, 0.2) is 11.6 Å². The van der Waals surface area contributed by atoms with Gasteiger partial charge in [-0.2, -0.15) is 0 Å². The van der Waals surface area contributed by atoms with Crippen molar-refractivity contribution < 1.29 is 0 Å². The molecule has 0 fully saturated rings. The van der Waals surface area contributed by atoms with Crippen LogP contribution < -0.4 is 5.32 Å². The van der Waals surface area contributed by atoms with Gasteiger partial charge in [0.25, 0.3) is 0 Å². The molecule has 1 heteroatoms. The van der Waals surface area contributed by atoms with Gasteiger partial charge in [0, 0.05) is 6.54 Å². The maximum atomic E-state index is 3.52. The summed E-state index contributed by atoms with van der Waals surface area (Å²) in [6, 6.07) is 0. The highest BCUT2D eigenvalue weighted by Gasteiger charge is 2.20. The number of allylic oxidation sites excluding steroid dienone is 1. The van der Waals surface area contributed by atoms with Crippen LogP contribution in [0.25, 0.3) is 0 Å². The minimum absolute atomic E-state index is 0.787. The fraction of sp³-hybridized carbons (Fsp3) is 0.857. The van der Waals surface area contributed by atoms with E-state index in [0.717, 1.165) is 18.4 Å². The van der Waals surface area contributed by atoms with Gasteiger partial charge in [0.15, 0.2) is 0 Å². The number of hydrogen-bond donors (Lipinski definition) is 1. The molecule has 1 rings (SSSR count). The summed E-state index contributed by atoms with van der Waals surface area (Å²) in [7, 11) is 0. The van der Waals surface area contributed by atoms with Gasteiger partial charge in [-0.05, 0) is 44.1 Å². The summed E-state index contributed by atoms with van der Waals surface area (Å²) < 4.78 is 0. The third kappa shape index (κ3) is 3.98. The van der Waals surface area contributed by atoms with Crippen molar-refractivity contribution in [3.8, 4) is 0 Å². The largest absolute Gasteiger partial charge is 0.316 e. The minimum Gasteiger partial charge on any atom is -0.316 e. The van der Waals surface area contributed by atoms with Crippen LogP contribution in [0.3, 0.4) is 0 Å². The van der Waals surface area contributed by atoms with Crippen molar-refractivity contribution in [2.24, 2.45) is 11.8 Å². The Kier molecular flexibility index (Phi) is 6.00. The van der Waals surface area contributed by atoms with E-state index in [9.17, 15) is 0 Å². The second-order valence-electron chi connectivity index (χ2n) is 4.82.